The Labute approximate surface area is 83.9 Å². The molecule has 0 saturated carbocycles. The van der Waals surface area contributed by atoms with Crippen molar-refractivity contribution in [3.63, 3.8) is 0 Å². The van der Waals surface area contributed by atoms with Crippen molar-refractivity contribution in [3.8, 4) is 5.75 Å². The Hall–Kier alpha value is -1.07. The van der Waals surface area contributed by atoms with Crippen LogP contribution in [0.5, 0.6) is 5.75 Å². The number of benzene rings is 1. The van der Waals surface area contributed by atoms with E-state index in [0.29, 0.717) is 5.92 Å². The fraction of sp³-hybridized carbons (Fsp3) is 0.333. The standard InChI is InChI=1S/C9H13NO3S/c1-7(2)8-3-5-9(6-4-8)13-14(10,11)12/h3-7H,1-2H3,(H2,10,11,12). The molecule has 0 aliphatic rings. The van der Waals surface area contributed by atoms with Gasteiger partial charge in [0.05, 0.1) is 0 Å². The third kappa shape index (κ3) is 3.35. The van der Waals surface area contributed by atoms with E-state index >= 15 is 0 Å². The van der Waals surface area contributed by atoms with Crippen LogP contribution in [0, 0.1) is 0 Å². The first-order chi connectivity index (χ1) is 6.38. The SMILES string of the molecule is CC(C)c1ccc(OS(N)(=O)=O)cc1. The molecule has 0 saturated heterocycles. The van der Waals surface area contributed by atoms with E-state index in [1.165, 1.54) is 0 Å². The first kappa shape index (κ1) is 11.0. The maximum atomic E-state index is 10.6. The molecule has 0 amide bonds. The number of rotatable bonds is 3. The molecule has 1 aromatic rings. The van der Waals surface area contributed by atoms with Crippen molar-refractivity contribution in [2.75, 3.05) is 0 Å². The Morgan fingerprint density at radius 3 is 2.07 bits per heavy atom. The van der Waals surface area contributed by atoms with Gasteiger partial charge in [-0.2, -0.15) is 13.6 Å². The highest BCUT2D eigenvalue weighted by molar-refractivity contribution is 7.84. The first-order valence-corrected chi connectivity index (χ1v) is 5.68. The minimum absolute atomic E-state index is 0.233. The van der Waals surface area contributed by atoms with Crippen LogP contribution in [0.25, 0.3) is 0 Å². The summed E-state index contributed by atoms with van der Waals surface area (Å²) in [5.41, 5.74) is 1.12. The maximum Gasteiger partial charge on any atom is 0.380 e. The fourth-order valence-corrected chi connectivity index (χ4v) is 1.42. The molecule has 2 N–H and O–H groups in total. The lowest BCUT2D eigenvalue weighted by molar-refractivity contribution is 0.487. The van der Waals surface area contributed by atoms with E-state index in [1.54, 1.807) is 12.1 Å². The van der Waals surface area contributed by atoms with Crippen LogP contribution in [-0.4, -0.2) is 8.42 Å². The van der Waals surface area contributed by atoms with Crippen LogP contribution in [-0.2, 0) is 10.3 Å². The molecule has 5 heteroatoms. The molecule has 1 rings (SSSR count). The summed E-state index contributed by atoms with van der Waals surface area (Å²) >= 11 is 0. The highest BCUT2D eigenvalue weighted by Gasteiger charge is 2.05. The largest absolute Gasteiger partial charge is 0.380 e. The van der Waals surface area contributed by atoms with Gasteiger partial charge in [-0.15, -0.1) is 0 Å². The van der Waals surface area contributed by atoms with E-state index in [0.717, 1.165) is 5.56 Å². The van der Waals surface area contributed by atoms with E-state index < -0.39 is 10.3 Å². The van der Waals surface area contributed by atoms with E-state index in [-0.39, 0.29) is 5.75 Å². The van der Waals surface area contributed by atoms with Crippen molar-refractivity contribution in [3.05, 3.63) is 29.8 Å². The Bertz CT molecular complexity index is 395. The maximum absolute atomic E-state index is 10.6. The molecule has 0 aliphatic heterocycles. The van der Waals surface area contributed by atoms with Crippen LogP contribution >= 0.6 is 0 Å². The number of nitrogens with two attached hydrogens (primary N) is 1. The van der Waals surface area contributed by atoms with Gasteiger partial charge in [0.1, 0.15) is 5.75 Å². The molecule has 4 nitrogen and oxygen atoms in total. The second kappa shape index (κ2) is 3.98. The Morgan fingerprint density at radius 2 is 1.71 bits per heavy atom. The lowest BCUT2D eigenvalue weighted by Gasteiger charge is -2.06. The van der Waals surface area contributed by atoms with E-state index in [1.807, 2.05) is 12.1 Å². The van der Waals surface area contributed by atoms with Crippen molar-refractivity contribution >= 4 is 10.3 Å². The summed E-state index contributed by atoms with van der Waals surface area (Å²) in [4.78, 5) is 0. The Morgan fingerprint density at radius 1 is 1.21 bits per heavy atom. The summed E-state index contributed by atoms with van der Waals surface area (Å²) < 4.78 is 25.6. The van der Waals surface area contributed by atoms with Gasteiger partial charge < -0.3 is 4.18 Å². The van der Waals surface area contributed by atoms with Crippen LogP contribution in [0.1, 0.15) is 25.3 Å². The van der Waals surface area contributed by atoms with Gasteiger partial charge in [0.15, 0.2) is 0 Å². The monoisotopic (exact) mass is 215 g/mol. The second-order valence-electron chi connectivity index (χ2n) is 3.30. The van der Waals surface area contributed by atoms with Crippen LogP contribution in [0.15, 0.2) is 24.3 Å². The summed E-state index contributed by atoms with van der Waals surface area (Å²) in [6.45, 7) is 4.10. The molecule has 14 heavy (non-hydrogen) atoms. The molecule has 0 aromatic heterocycles. The van der Waals surface area contributed by atoms with Crippen molar-refractivity contribution in [2.24, 2.45) is 5.14 Å². The topological polar surface area (TPSA) is 69.4 Å². The molecule has 0 bridgehead atoms. The van der Waals surface area contributed by atoms with E-state index in [9.17, 15) is 8.42 Å². The molecule has 78 valence electrons. The first-order valence-electron chi connectivity index (χ1n) is 4.20. The zero-order valence-electron chi connectivity index (χ0n) is 8.10. The number of hydrogen-bond acceptors (Lipinski definition) is 3. The van der Waals surface area contributed by atoms with Crippen molar-refractivity contribution in [1.82, 2.24) is 0 Å². The quantitative estimate of drug-likeness (QED) is 0.828. The predicted molar refractivity (Wildman–Crippen MR) is 54.3 cm³/mol. The molecular formula is C9H13NO3S. The average molecular weight is 215 g/mol. The molecule has 0 radical (unpaired) electrons. The molecular weight excluding hydrogens is 202 g/mol. The lowest BCUT2D eigenvalue weighted by atomic mass is 10.0. The Kier molecular flexibility index (Phi) is 3.13. The summed E-state index contributed by atoms with van der Waals surface area (Å²) in [5.74, 6) is 0.635. The van der Waals surface area contributed by atoms with Gasteiger partial charge in [-0.1, -0.05) is 26.0 Å². The van der Waals surface area contributed by atoms with Crippen LogP contribution in [0.2, 0.25) is 0 Å². The third-order valence-corrected chi connectivity index (χ3v) is 2.18. The van der Waals surface area contributed by atoms with Gasteiger partial charge in [0, 0.05) is 0 Å². The molecule has 0 fully saturated rings. The van der Waals surface area contributed by atoms with Crippen LogP contribution < -0.4 is 9.32 Å². The van der Waals surface area contributed by atoms with E-state index in [4.69, 9.17) is 5.14 Å². The molecule has 1 aromatic carbocycles. The van der Waals surface area contributed by atoms with Gasteiger partial charge in [-0.05, 0) is 23.6 Å². The fourth-order valence-electron chi connectivity index (χ4n) is 1.04. The van der Waals surface area contributed by atoms with Gasteiger partial charge in [-0.25, -0.2) is 0 Å². The number of hydrogen-bond donors (Lipinski definition) is 1. The zero-order chi connectivity index (χ0) is 10.8. The van der Waals surface area contributed by atoms with Crippen molar-refractivity contribution < 1.29 is 12.6 Å². The minimum atomic E-state index is -3.91. The van der Waals surface area contributed by atoms with Gasteiger partial charge >= 0.3 is 10.3 Å². The lowest BCUT2D eigenvalue weighted by Crippen LogP contribution is -2.18. The van der Waals surface area contributed by atoms with E-state index in [2.05, 4.69) is 18.0 Å². The normalized spacial score (nSPS) is 11.7. The smallest absolute Gasteiger partial charge is 0.371 e. The highest BCUT2D eigenvalue weighted by atomic mass is 32.2. The second-order valence-corrected chi connectivity index (χ2v) is 4.45. The predicted octanol–water partition coefficient (Wildman–Crippen LogP) is 1.39. The zero-order valence-corrected chi connectivity index (χ0v) is 8.91. The van der Waals surface area contributed by atoms with Gasteiger partial charge in [-0.3, -0.25) is 0 Å². The van der Waals surface area contributed by atoms with Crippen molar-refractivity contribution in [2.45, 2.75) is 19.8 Å². The highest BCUT2D eigenvalue weighted by Crippen LogP contribution is 2.18. The van der Waals surface area contributed by atoms with Gasteiger partial charge in [0.2, 0.25) is 0 Å². The summed E-state index contributed by atoms with van der Waals surface area (Å²) in [7, 11) is -3.91. The summed E-state index contributed by atoms with van der Waals surface area (Å²) in [6.07, 6.45) is 0. The molecule has 0 unspecified atom stereocenters. The third-order valence-electron chi connectivity index (χ3n) is 1.76. The summed E-state index contributed by atoms with van der Waals surface area (Å²) in [6, 6.07) is 6.79. The summed E-state index contributed by atoms with van der Waals surface area (Å²) in [5, 5.41) is 4.72. The Balaban J connectivity index is 2.84. The molecule has 0 atom stereocenters. The molecule has 0 spiro atoms. The minimum Gasteiger partial charge on any atom is -0.371 e. The molecule has 0 aliphatic carbocycles. The van der Waals surface area contributed by atoms with Crippen LogP contribution in [0.3, 0.4) is 0 Å². The van der Waals surface area contributed by atoms with Crippen molar-refractivity contribution in [1.29, 1.82) is 0 Å². The van der Waals surface area contributed by atoms with Crippen LogP contribution in [0.4, 0.5) is 0 Å². The average Bonchev–Trinajstić information content (AvgIpc) is 2.02. The van der Waals surface area contributed by atoms with Gasteiger partial charge in [0.25, 0.3) is 0 Å². The molecule has 0 heterocycles.